The molecule has 2 aromatic heterocycles. The number of hydrogen-bond donors (Lipinski definition) is 0. The van der Waals surface area contributed by atoms with Gasteiger partial charge in [0, 0.05) is 48.2 Å². The average molecular weight is 339 g/mol. The molecule has 5 nitrogen and oxygen atoms in total. The molecule has 0 bridgehead atoms. The molecule has 3 aromatic rings. The quantitative estimate of drug-likeness (QED) is 0.719. The summed E-state index contributed by atoms with van der Waals surface area (Å²) in [7, 11) is 3.66. The third-order valence-electron chi connectivity index (χ3n) is 4.21. The molecule has 0 N–H and O–H groups in total. The van der Waals surface area contributed by atoms with E-state index in [1.54, 1.807) is 22.8 Å². The van der Waals surface area contributed by atoms with E-state index in [4.69, 9.17) is 11.6 Å². The first-order valence-corrected chi connectivity index (χ1v) is 7.95. The van der Waals surface area contributed by atoms with Crippen molar-refractivity contribution in [3.63, 3.8) is 0 Å². The Morgan fingerprint density at radius 3 is 2.58 bits per heavy atom. The normalized spacial score (nSPS) is 13.5. The van der Waals surface area contributed by atoms with Gasteiger partial charge in [0.2, 0.25) is 0 Å². The second-order valence-corrected chi connectivity index (χ2v) is 6.35. The van der Waals surface area contributed by atoms with E-state index in [-0.39, 0.29) is 5.91 Å². The lowest BCUT2D eigenvalue weighted by Gasteiger charge is -2.08. The zero-order chi connectivity index (χ0) is 16.8. The van der Waals surface area contributed by atoms with Crippen molar-refractivity contribution in [1.29, 1.82) is 0 Å². The van der Waals surface area contributed by atoms with Crippen LogP contribution < -0.4 is 0 Å². The predicted molar refractivity (Wildman–Crippen MR) is 92.7 cm³/mol. The van der Waals surface area contributed by atoms with Gasteiger partial charge in [0.05, 0.1) is 17.8 Å². The number of carbonyl (C=O) groups is 1. The van der Waals surface area contributed by atoms with Crippen LogP contribution in [0.2, 0.25) is 5.02 Å². The summed E-state index contributed by atoms with van der Waals surface area (Å²) >= 11 is 5.99. The van der Waals surface area contributed by atoms with E-state index >= 15 is 0 Å². The summed E-state index contributed by atoms with van der Waals surface area (Å²) in [5, 5.41) is 5.26. The van der Waals surface area contributed by atoms with Crippen LogP contribution in [0.25, 0.3) is 22.4 Å². The van der Waals surface area contributed by atoms with Gasteiger partial charge >= 0.3 is 0 Å². The molecule has 3 heterocycles. The molecule has 1 amide bonds. The van der Waals surface area contributed by atoms with Gasteiger partial charge in [0.1, 0.15) is 5.69 Å². The highest BCUT2D eigenvalue weighted by Crippen LogP contribution is 2.36. The molecule has 6 heteroatoms. The number of halogens is 1. The van der Waals surface area contributed by atoms with E-state index in [9.17, 15) is 4.79 Å². The number of rotatable bonds is 2. The van der Waals surface area contributed by atoms with Crippen LogP contribution >= 0.6 is 11.6 Å². The molecule has 0 aliphatic carbocycles. The molecule has 4 rings (SSSR count). The van der Waals surface area contributed by atoms with E-state index in [1.165, 1.54) is 0 Å². The maximum absolute atomic E-state index is 12.5. The Morgan fingerprint density at radius 1 is 1.08 bits per heavy atom. The van der Waals surface area contributed by atoms with Crippen LogP contribution in [0.1, 0.15) is 16.1 Å². The lowest BCUT2D eigenvalue weighted by molar-refractivity contribution is 0.0817. The Labute approximate surface area is 144 Å². The van der Waals surface area contributed by atoms with Crippen LogP contribution in [0.5, 0.6) is 0 Å². The maximum Gasteiger partial charge on any atom is 0.256 e. The highest BCUT2D eigenvalue weighted by Gasteiger charge is 2.30. The summed E-state index contributed by atoms with van der Waals surface area (Å²) in [6.45, 7) is 0.540. The van der Waals surface area contributed by atoms with Gasteiger partial charge in [-0.15, -0.1) is 0 Å². The number of aryl methyl sites for hydroxylation is 1. The van der Waals surface area contributed by atoms with E-state index in [0.717, 1.165) is 28.1 Å². The summed E-state index contributed by atoms with van der Waals surface area (Å²) in [5.74, 6) is -0.000917. The molecule has 24 heavy (non-hydrogen) atoms. The fraction of sp³-hybridized carbons (Fsp3) is 0.167. The molecule has 0 atom stereocenters. The van der Waals surface area contributed by atoms with Gasteiger partial charge in [-0.1, -0.05) is 23.7 Å². The summed E-state index contributed by atoms with van der Waals surface area (Å²) in [6.07, 6.45) is 3.68. The molecular weight excluding hydrogens is 324 g/mol. The molecule has 120 valence electrons. The predicted octanol–water partition coefficient (Wildman–Crippen LogP) is 3.39. The maximum atomic E-state index is 12.5. The number of hydrogen-bond acceptors (Lipinski definition) is 3. The van der Waals surface area contributed by atoms with Crippen LogP contribution in [0.4, 0.5) is 0 Å². The molecule has 0 fully saturated rings. The third kappa shape index (κ3) is 2.29. The van der Waals surface area contributed by atoms with Crippen molar-refractivity contribution in [1.82, 2.24) is 19.7 Å². The van der Waals surface area contributed by atoms with Gasteiger partial charge in [0.15, 0.2) is 0 Å². The molecule has 0 radical (unpaired) electrons. The highest BCUT2D eigenvalue weighted by molar-refractivity contribution is 6.30. The second kappa shape index (κ2) is 5.46. The molecule has 1 aliphatic rings. The highest BCUT2D eigenvalue weighted by atomic mass is 35.5. The number of pyridine rings is 1. The molecule has 0 saturated heterocycles. The van der Waals surface area contributed by atoms with Gasteiger partial charge in [-0.05, 0) is 18.2 Å². The summed E-state index contributed by atoms with van der Waals surface area (Å²) in [6, 6.07) is 9.43. The number of fused-ring (bicyclic) bond motifs is 1. The SMILES string of the molecule is CN1Cc2nccc(-c3cn(C)nc3-c3ccc(Cl)cc3)c2C1=O. The Kier molecular flexibility index (Phi) is 3.39. The molecule has 1 aliphatic heterocycles. The van der Waals surface area contributed by atoms with Crippen molar-refractivity contribution < 1.29 is 4.79 Å². The van der Waals surface area contributed by atoms with Gasteiger partial charge in [-0.3, -0.25) is 14.5 Å². The van der Waals surface area contributed by atoms with Crippen LogP contribution in [0.15, 0.2) is 42.7 Å². The minimum Gasteiger partial charge on any atom is -0.336 e. The van der Waals surface area contributed by atoms with Crippen LogP contribution in [0.3, 0.4) is 0 Å². The Balaban J connectivity index is 1.93. The van der Waals surface area contributed by atoms with E-state index in [1.807, 2.05) is 43.6 Å². The van der Waals surface area contributed by atoms with E-state index in [0.29, 0.717) is 17.1 Å². The zero-order valence-corrected chi connectivity index (χ0v) is 14.1. The molecular formula is C18H15ClN4O. The zero-order valence-electron chi connectivity index (χ0n) is 13.3. The van der Waals surface area contributed by atoms with Crippen molar-refractivity contribution in [3.05, 3.63) is 59.0 Å². The second-order valence-electron chi connectivity index (χ2n) is 5.91. The lowest BCUT2D eigenvalue weighted by Crippen LogP contribution is -2.17. The minimum atomic E-state index is -0.000917. The minimum absolute atomic E-state index is 0.000917. The molecule has 0 spiro atoms. The Bertz CT molecular complexity index is 946. The Hall–Kier alpha value is -2.66. The van der Waals surface area contributed by atoms with Gasteiger partial charge in [-0.2, -0.15) is 5.10 Å². The number of benzene rings is 1. The first-order chi connectivity index (χ1) is 11.5. The van der Waals surface area contributed by atoms with Crippen molar-refractivity contribution >= 4 is 17.5 Å². The number of aromatic nitrogens is 3. The first kappa shape index (κ1) is 14.9. The number of nitrogens with zero attached hydrogens (tertiary/aromatic N) is 4. The molecule has 1 aromatic carbocycles. The first-order valence-electron chi connectivity index (χ1n) is 7.58. The fourth-order valence-electron chi connectivity index (χ4n) is 3.08. The van der Waals surface area contributed by atoms with Crippen LogP contribution in [-0.2, 0) is 13.6 Å². The Morgan fingerprint density at radius 2 is 1.83 bits per heavy atom. The summed E-state index contributed by atoms with van der Waals surface area (Å²) in [4.78, 5) is 18.6. The smallest absolute Gasteiger partial charge is 0.256 e. The van der Waals surface area contributed by atoms with E-state index in [2.05, 4.69) is 10.1 Å². The lowest BCUT2D eigenvalue weighted by atomic mass is 9.97. The fourth-order valence-corrected chi connectivity index (χ4v) is 3.21. The third-order valence-corrected chi connectivity index (χ3v) is 4.47. The van der Waals surface area contributed by atoms with Gasteiger partial charge in [0.25, 0.3) is 5.91 Å². The van der Waals surface area contributed by atoms with E-state index < -0.39 is 0 Å². The van der Waals surface area contributed by atoms with Crippen LogP contribution in [0, 0.1) is 0 Å². The summed E-state index contributed by atoms with van der Waals surface area (Å²) < 4.78 is 1.76. The topological polar surface area (TPSA) is 51.0 Å². The van der Waals surface area contributed by atoms with Crippen molar-refractivity contribution in [2.45, 2.75) is 6.54 Å². The van der Waals surface area contributed by atoms with Crippen molar-refractivity contribution in [2.24, 2.45) is 7.05 Å². The number of amides is 1. The average Bonchev–Trinajstić information content (AvgIpc) is 3.09. The standard InChI is InChI=1S/C18H15ClN4O/c1-22-10-15-16(18(22)24)13(7-8-20-15)14-9-23(2)21-17(14)11-3-5-12(19)6-4-11/h3-9H,10H2,1-2H3. The van der Waals surface area contributed by atoms with Crippen LogP contribution in [-0.4, -0.2) is 32.6 Å². The van der Waals surface area contributed by atoms with Gasteiger partial charge in [-0.25, -0.2) is 0 Å². The monoisotopic (exact) mass is 338 g/mol. The molecule has 0 saturated carbocycles. The largest absolute Gasteiger partial charge is 0.336 e. The summed E-state index contributed by atoms with van der Waals surface area (Å²) in [5.41, 5.74) is 5.05. The molecule has 0 unspecified atom stereocenters. The van der Waals surface area contributed by atoms with Crippen molar-refractivity contribution in [2.75, 3.05) is 7.05 Å². The number of carbonyl (C=O) groups excluding carboxylic acids is 1. The van der Waals surface area contributed by atoms with Gasteiger partial charge < -0.3 is 4.90 Å². The van der Waals surface area contributed by atoms with Crippen molar-refractivity contribution in [3.8, 4) is 22.4 Å².